The number of aromatic hydroxyl groups is 1. The van der Waals surface area contributed by atoms with E-state index in [4.69, 9.17) is 17.0 Å². The molecule has 0 saturated heterocycles. The molecule has 0 atom stereocenters. The number of nitro benzene ring substituents is 1. The summed E-state index contributed by atoms with van der Waals surface area (Å²) < 4.78 is 7.26. The summed E-state index contributed by atoms with van der Waals surface area (Å²) in [6.07, 6.45) is 1.39. The van der Waals surface area contributed by atoms with Gasteiger partial charge in [-0.1, -0.05) is 12.1 Å². The van der Waals surface area contributed by atoms with Crippen molar-refractivity contribution in [1.82, 2.24) is 14.9 Å². The van der Waals surface area contributed by atoms with Gasteiger partial charge in [-0.15, -0.1) is 0 Å². The zero-order valence-electron chi connectivity index (χ0n) is 14.2. The molecule has 27 heavy (non-hydrogen) atoms. The number of aromatic nitrogens is 3. The van der Waals surface area contributed by atoms with Crippen molar-refractivity contribution in [1.29, 1.82) is 0 Å². The number of rotatable bonds is 6. The number of nitrogens with zero attached hydrogens (tertiary/aromatic N) is 4. The molecule has 3 rings (SSSR count). The van der Waals surface area contributed by atoms with Gasteiger partial charge in [0.25, 0.3) is 0 Å². The molecule has 2 N–H and O–H groups in total. The van der Waals surface area contributed by atoms with Gasteiger partial charge in [0, 0.05) is 11.6 Å². The molecule has 10 heteroatoms. The molecule has 1 heterocycles. The maximum atomic E-state index is 10.9. The highest BCUT2D eigenvalue weighted by Crippen LogP contribution is 2.29. The van der Waals surface area contributed by atoms with E-state index in [0.29, 0.717) is 29.3 Å². The molecule has 0 spiro atoms. The molecular weight excluding hydrogens is 370 g/mol. The normalized spacial score (nSPS) is 11.0. The Hall–Kier alpha value is -3.53. The van der Waals surface area contributed by atoms with Crippen LogP contribution in [0.25, 0.3) is 11.4 Å². The molecule has 3 aromatic rings. The fourth-order valence-corrected chi connectivity index (χ4v) is 2.58. The third kappa shape index (κ3) is 3.85. The van der Waals surface area contributed by atoms with Gasteiger partial charge in [0.15, 0.2) is 11.6 Å². The fourth-order valence-electron chi connectivity index (χ4n) is 2.40. The topological polar surface area (TPSA) is 119 Å². The van der Waals surface area contributed by atoms with E-state index in [2.05, 4.69) is 15.3 Å². The van der Waals surface area contributed by atoms with E-state index in [-0.39, 0.29) is 4.77 Å². The zero-order chi connectivity index (χ0) is 19.4. The van der Waals surface area contributed by atoms with E-state index in [1.165, 1.54) is 29.1 Å². The van der Waals surface area contributed by atoms with E-state index in [9.17, 15) is 15.2 Å². The standard InChI is InChI=1S/C17H15N5O4S/c1-2-26-15-6-4-3-5-12(15)16-19-20-17(27)21(16)18-10-11-7-8-14(23)13(9-11)22(24)25/h3-10,23H,2H2,1H3,(H,20,27)/b18-10-. The number of ether oxygens (including phenoxy) is 1. The van der Waals surface area contributed by atoms with Gasteiger partial charge >= 0.3 is 5.69 Å². The second kappa shape index (κ2) is 7.79. The number of H-pyrrole nitrogens is 1. The maximum Gasteiger partial charge on any atom is 0.311 e. The monoisotopic (exact) mass is 385 g/mol. The average Bonchev–Trinajstić information content (AvgIpc) is 3.02. The lowest BCUT2D eigenvalue weighted by molar-refractivity contribution is -0.385. The summed E-state index contributed by atoms with van der Waals surface area (Å²) in [5.74, 6) is 0.655. The predicted molar refractivity (Wildman–Crippen MR) is 102 cm³/mol. The average molecular weight is 385 g/mol. The van der Waals surface area contributed by atoms with Crippen molar-refractivity contribution in [3.05, 3.63) is 62.9 Å². The lowest BCUT2D eigenvalue weighted by atomic mass is 10.2. The Kier molecular flexibility index (Phi) is 5.27. The summed E-state index contributed by atoms with van der Waals surface area (Å²) in [4.78, 5) is 10.3. The highest BCUT2D eigenvalue weighted by molar-refractivity contribution is 7.71. The lowest BCUT2D eigenvalue weighted by Gasteiger charge is -2.08. The molecule has 0 unspecified atom stereocenters. The van der Waals surface area contributed by atoms with Gasteiger partial charge in [0.1, 0.15) is 5.75 Å². The Morgan fingerprint density at radius 2 is 2.19 bits per heavy atom. The minimum absolute atomic E-state index is 0.251. The van der Waals surface area contributed by atoms with Gasteiger partial charge in [-0.05, 0) is 43.4 Å². The Balaban J connectivity index is 2.02. The van der Waals surface area contributed by atoms with E-state index in [0.717, 1.165) is 0 Å². The smallest absolute Gasteiger partial charge is 0.311 e. The van der Waals surface area contributed by atoms with Crippen molar-refractivity contribution >= 4 is 24.1 Å². The number of benzene rings is 2. The highest BCUT2D eigenvalue weighted by atomic mass is 32.1. The molecule has 0 amide bonds. The number of para-hydroxylation sites is 1. The van der Waals surface area contributed by atoms with Crippen LogP contribution in [0.5, 0.6) is 11.5 Å². The molecule has 0 bridgehead atoms. The minimum Gasteiger partial charge on any atom is -0.502 e. The number of nitro groups is 1. The third-order valence-corrected chi connectivity index (χ3v) is 3.86. The second-order valence-corrected chi connectivity index (χ2v) is 5.73. The van der Waals surface area contributed by atoms with Crippen LogP contribution >= 0.6 is 12.2 Å². The first kappa shape index (κ1) is 18.3. The van der Waals surface area contributed by atoms with Gasteiger partial charge in [0.05, 0.1) is 23.3 Å². The van der Waals surface area contributed by atoms with E-state index < -0.39 is 16.4 Å². The summed E-state index contributed by atoms with van der Waals surface area (Å²) in [5, 5.41) is 31.6. The predicted octanol–water partition coefficient (Wildman–Crippen LogP) is 3.50. The summed E-state index contributed by atoms with van der Waals surface area (Å²) in [5.41, 5.74) is 0.712. The first-order valence-electron chi connectivity index (χ1n) is 7.92. The summed E-state index contributed by atoms with van der Waals surface area (Å²) in [7, 11) is 0. The number of phenolic OH excluding ortho intramolecular Hbond substituents is 1. The van der Waals surface area contributed by atoms with Crippen LogP contribution in [0.4, 0.5) is 5.69 Å². The van der Waals surface area contributed by atoms with Crippen molar-refractivity contribution in [3.63, 3.8) is 0 Å². The van der Waals surface area contributed by atoms with Gasteiger partial charge in [-0.3, -0.25) is 10.1 Å². The van der Waals surface area contributed by atoms with Crippen molar-refractivity contribution in [3.8, 4) is 22.9 Å². The molecule has 0 aliphatic carbocycles. The summed E-state index contributed by atoms with van der Waals surface area (Å²) in [6, 6.07) is 11.3. The first-order valence-corrected chi connectivity index (χ1v) is 8.33. The molecule has 0 radical (unpaired) electrons. The van der Waals surface area contributed by atoms with Crippen molar-refractivity contribution in [2.75, 3.05) is 6.61 Å². The number of phenols is 1. The highest BCUT2D eigenvalue weighted by Gasteiger charge is 2.15. The van der Waals surface area contributed by atoms with Crippen molar-refractivity contribution in [2.24, 2.45) is 5.10 Å². The van der Waals surface area contributed by atoms with Crippen LogP contribution in [-0.2, 0) is 0 Å². The molecule has 138 valence electrons. The van der Waals surface area contributed by atoms with Gasteiger partial charge in [-0.25, -0.2) is 5.10 Å². The Bertz CT molecular complexity index is 1070. The van der Waals surface area contributed by atoms with Crippen LogP contribution in [0.1, 0.15) is 12.5 Å². The SMILES string of the molecule is CCOc1ccccc1-c1n[nH]c(=S)n1/N=C\c1ccc(O)c([N+](=O)[O-])c1. The lowest BCUT2D eigenvalue weighted by Crippen LogP contribution is -1.99. The Morgan fingerprint density at radius 3 is 2.93 bits per heavy atom. The molecule has 9 nitrogen and oxygen atoms in total. The van der Waals surface area contributed by atoms with Crippen molar-refractivity contribution in [2.45, 2.75) is 6.92 Å². The molecule has 0 aliphatic heterocycles. The molecule has 0 aliphatic rings. The van der Waals surface area contributed by atoms with Crippen LogP contribution < -0.4 is 4.74 Å². The van der Waals surface area contributed by atoms with Gasteiger partial charge in [-0.2, -0.15) is 14.9 Å². The van der Waals surface area contributed by atoms with Gasteiger partial charge < -0.3 is 9.84 Å². The van der Waals surface area contributed by atoms with E-state index in [1.54, 1.807) is 0 Å². The third-order valence-electron chi connectivity index (χ3n) is 3.60. The van der Waals surface area contributed by atoms with Gasteiger partial charge in [0.2, 0.25) is 4.77 Å². The van der Waals surface area contributed by atoms with Crippen LogP contribution in [-0.4, -0.2) is 37.7 Å². The quantitative estimate of drug-likeness (QED) is 0.290. The van der Waals surface area contributed by atoms with Crippen LogP contribution in [0.15, 0.2) is 47.6 Å². The van der Waals surface area contributed by atoms with Crippen LogP contribution in [0, 0.1) is 14.9 Å². The molecule has 1 aromatic heterocycles. The molecule has 0 fully saturated rings. The Morgan fingerprint density at radius 1 is 1.41 bits per heavy atom. The van der Waals surface area contributed by atoms with Crippen LogP contribution in [0.2, 0.25) is 0 Å². The minimum atomic E-state index is -0.667. The second-order valence-electron chi connectivity index (χ2n) is 5.34. The zero-order valence-corrected chi connectivity index (χ0v) is 15.0. The first-order chi connectivity index (χ1) is 13.0. The number of nitrogens with one attached hydrogen (secondary N) is 1. The Labute approximate surface area is 158 Å². The molecule has 2 aromatic carbocycles. The maximum absolute atomic E-state index is 10.9. The largest absolute Gasteiger partial charge is 0.502 e. The van der Waals surface area contributed by atoms with E-state index in [1.807, 2.05) is 31.2 Å². The molecular formula is C17H15N5O4S. The van der Waals surface area contributed by atoms with Crippen LogP contribution in [0.3, 0.4) is 0 Å². The van der Waals surface area contributed by atoms with Crippen molar-refractivity contribution < 1.29 is 14.8 Å². The summed E-state index contributed by atoms with van der Waals surface area (Å²) >= 11 is 5.23. The van der Waals surface area contributed by atoms with E-state index >= 15 is 0 Å². The fraction of sp³-hybridized carbons (Fsp3) is 0.118. The number of hydrogen-bond acceptors (Lipinski definition) is 7. The number of hydrogen-bond donors (Lipinski definition) is 2. The number of aromatic amines is 1. The molecule has 0 saturated carbocycles. The summed E-state index contributed by atoms with van der Waals surface area (Å²) in [6.45, 7) is 2.37.